The molecule has 1 aliphatic rings. The molecule has 23 heavy (non-hydrogen) atoms. The number of carbonyl (C=O) groups excluding carboxylic acids is 1. The van der Waals surface area contributed by atoms with Gasteiger partial charge in [-0.25, -0.2) is 4.39 Å². The fourth-order valence-electron chi connectivity index (χ4n) is 2.69. The summed E-state index contributed by atoms with van der Waals surface area (Å²) in [5.41, 5.74) is 2.12. The van der Waals surface area contributed by atoms with Gasteiger partial charge in [-0.05, 0) is 30.7 Å². The number of benzene rings is 1. The number of piperazine rings is 1. The van der Waals surface area contributed by atoms with E-state index in [0.717, 1.165) is 37.3 Å². The maximum atomic E-state index is 14.3. The number of hydrogen-bond acceptors (Lipinski definition) is 4. The molecular formula is C17H20FN3O2. The molecule has 0 atom stereocenters. The molecule has 122 valence electrons. The fourth-order valence-corrected chi connectivity index (χ4v) is 2.69. The molecule has 1 aromatic heterocycles. The minimum Gasteiger partial charge on any atom is -0.459 e. The van der Waals surface area contributed by atoms with Gasteiger partial charge in [0.15, 0.2) is 5.76 Å². The standard InChI is InChI=1S/C17H20FN3O2/c1-12-4-9-23-16(12)17(22)20-11-13-2-3-15(14(18)10-13)21-7-5-19-6-8-21/h2-4,9-10,19H,5-8,11H2,1H3,(H,20,22). The SMILES string of the molecule is Cc1ccoc1C(=O)NCc1ccc(N2CCNCC2)c(F)c1. The number of anilines is 1. The van der Waals surface area contributed by atoms with Crippen molar-refractivity contribution in [3.8, 4) is 0 Å². The summed E-state index contributed by atoms with van der Waals surface area (Å²) in [5.74, 6) is -0.255. The lowest BCUT2D eigenvalue weighted by Crippen LogP contribution is -2.43. The third-order valence-electron chi connectivity index (χ3n) is 3.99. The second kappa shape index (κ2) is 6.83. The van der Waals surface area contributed by atoms with E-state index in [0.29, 0.717) is 11.4 Å². The fraction of sp³-hybridized carbons (Fsp3) is 0.353. The van der Waals surface area contributed by atoms with E-state index in [2.05, 4.69) is 10.6 Å². The Kier molecular flexibility index (Phi) is 4.62. The number of furan rings is 1. The van der Waals surface area contributed by atoms with E-state index in [4.69, 9.17) is 4.42 Å². The molecule has 5 nitrogen and oxygen atoms in total. The maximum absolute atomic E-state index is 14.3. The Labute approximate surface area is 134 Å². The number of halogens is 1. The summed E-state index contributed by atoms with van der Waals surface area (Å²) < 4.78 is 19.4. The van der Waals surface area contributed by atoms with E-state index < -0.39 is 0 Å². The topological polar surface area (TPSA) is 57.5 Å². The molecule has 3 rings (SSSR count). The number of hydrogen-bond donors (Lipinski definition) is 2. The summed E-state index contributed by atoms with van der Waals surface area (Å²) in [5, 5.41) is 5.99. The van der Waals surface area contributed by atoms with Crippen molar-refractivity contribution in [1.29, 1.82) is 0 Å². The van der Waals surface area contributed by atoms with Crippen LogP contribution in [0.25, 0.3) is 0 Å². The van der Waals surface area contributed by atoms with Gasteiger partial charge in [-0.3, -0.25) is 4.79 Å². The van der Waals surface area contributed by atoms with Crippen LogP contribution in [-0.4, -0.2) is 32.1 Å². The molecule has 2 aromatic rings. The van der Waals surface area contributed by atoms with Crippen LogP contribution in [0, 0.1) is 12.7 Å². The first-order valence-corrected chi connectivity index (χ1v) is 7.71. The van der Waals surface area contributed by atoms with Crippen LogP contribution >= 0.6 is 0 Å². The number of aryl methyl sites for hydroxylation is 1. The Morgan fingerprint density at radius 1 is 1.35 bits per heavy atom. The van der Waals surface area contributed by atoms with E-state index in [1.54, 1.807) is 19.1 Å². The van der Waals surface area contributed by atoms with Gasteiger partial charge in [-0.1, -0.05) is 6.07 Å². The zero-order valence-corrected chi connectivity index (χ0v) is 13.1. The molecule has 0 saturated carbocycles. The van der Waals surface area contributed by atoms with Crippen molar-refractivity contribution in [1.82, 2.24) is 10.6 Å². The van der Waals surface area contributed by atoms with E-state index in [-0.39, 0.29) is 18.3 Å². The Morgan fingerprint density at radius 2 is 2.13 bits per heavy atom. The molecule has 0 unspecified atom stereocenters. The molecule has 2 N–H and O–H groups in total. The number of nitrogens with one attached hydrogen (secondary N) is 2. The third-order valence-corrected chi connectivity index (χ3v) is 3.99. The predicted octanol–water partition coefficient (Wildman–Crippen LogP) is 2.07. The van der Waals surface area contributed by atoms with Crippen LogP contribution < -0.4 is 15.5 Å². The zero-order valence-electron chi connectivity index (χ0n) is 13.1. The van der Waals surface area contributed by atoms with Crippen molar-refractivity contribution in [2.75, 3.05) is 31.1 Å². The van der Waals surface area contributed by atoms with Crippen molar-refractivity contribution in [2.45, 2.75) is 13.5 Å². The highest BCUT2D eigenvalue weighted by Gasteiger charge is 2.16. The van der Waals surface area contributed by atoms with Gasteiger partial charge in [0, 0.05) is 38.3 Å². The Morgan fingerprint density at radius 3 is 2.78 bits per heavy atom. The van der Waals surface area contributed by atoms with Gasteiger partial charge in [0.2, 0.25) is 0 Å². The van der Waals surface area contributed by atoms with Crippen LogP contribution in [0.2, 0.25) is 0 Å². The Hall–Kier alpha value is -2.34. The second-order valence-electron chi connectivity index (χ2n) is 5.64. The molecule has 6 heteroatoms. The summed E-state index contributed by atoms with van der Waals surface area (Å²) in [7, 11) is 0. The van der Waals surface area contributed by atoms with Crippen molar-refractivity contribution >= 4 is 11.6 Å². The molecule has 1 fully saturated rings. The van der Waals surface area contributed by atoms with Crippen molar-refractivity contribution in [3.63, 3.8) is 0 Å². The predicted molar refractivity (Wildman–Crippen MR) is 86.1 cm³/mol. The van der Waals surface area contributed by atoms with Crippen LogP contribution in [0.4, 0.5) is 10.1 Å². The van der Waals surface area contributed by atoms with Crippen LogP contribution in [0.5, 0.6) is 0 Å². The lowest BCUT2D eigenvalue weighted by molar-refractivity contribution is 0.0922. The molecule has 1 aromatic carbocycles. The van der Waals surface area contributed by atoms with Crippen LogP contribution in [0.15, 0.2) is 34.9 Å². The quantitative estimate of drug-likeness (QED) is 0.906. The van der Waals surface area contributed by atoms with Gasteiger partial charge in [0.05, 0.1) is 12.0 Å². The highest BCUT2D eigenvalue weighted by atomic mass is 19.1. The monoisotopic (exact) mass is 317 g/mol. The summed E-state index contributed by atoms with van der Waals surface area (Å²) >= 11 is 0. The van der Waals surface area contributed by atoms with E-state index >= 15 is 0 Å². The summed E-state index contributed by atoms with van der Waals surface area (Å²) in [6.07, 6.45) is 1.48. The van der Waals surface area contributed by atoms with Gasteiger partial charge >= 0.3 is 0 Å². The zero-order chi connectivity index (χ0) is 16.2. The van der Waals surface area contributed by atoms with Crippen LogP contribution in [0.3, 0.4) is 0 Å². The molecule has 0 radical (unpaired) electrons. The minimum absolute atomic E-state index is 0.257. The first-order chi connectivity index (χ1) is 11.1. The summed E-state index contributed by atoms with van der Waals surface area (Å²) in [4.78, 5) is 14.0. The van der Waals surface area contributed by atoms with Crippen LogP contribution in [0.1, 0.15) is 21.7 Å². The lowest BCUT2D eigenvalue weighted by atomic mass is 10.1. The summed E-state index contributed by atoms with van der Waals surface area (Å²) in [6.45, 7) is 5.38. The maximum Gasteiger partial charge on any atom is 0.287 e. The molecule has 0 bridgehead atoms. The first kappa shape index (κ1) is 15.6. The average molecular weight is 317 g/mol. The normalized spacial score (nSPS) is 14.8. The Bertz CT molecular complexity index is 693. The molecule has 1 saturated heterocycles. The molecule has 0 spiro atoms. The van der Waals surface area contributed by atoms with Crippen molar-refractivity contribution in [3.05, 3.63) is 53.2 Å². The minimum atomic E-state index is -0.293. The van der Waals surface area contributed by atoms with Crippen LogP contribution in [-0.2, 0) is 6.54 Å². The van der Waals surface area contributed by atoms with Gasteiger partial charge in [-0.2, -0.15) is 0 Å². The van der Waals surface area contributed by atoms with Gasteiger partial charge in [-0.15, -0.1) is 0 Å². The lowest BCUT2D eigenvalue weighted by Gasteiger charge is -2.29. The molecule has 1 amide bonds. The third kappa shape index (κ3) is 3.53. The molecule has 1 aliphatic heterocycles. The van der Waals surface area contributed by atoms with Gasteiger partial charge in [0.1, 0.15) is 5.82 Å². The number of nitrogens with zero attached hydrogens (tertiary/aromatic N) is 1. The number of rotatable bonds is 4. The highest BCUT2D eigenvalue weighted by Crippen LogP contribution is 2.21. The number of carbonyl (C=O) groups is 1. The van der Waals surface area contributed by atoms with Gasteiger partial charge in [0.25, 0.3) is 5.91 Å². The van der Waals surface area contributed by atoms with E-state index in [1.807, 2.05) is 11.0 Å². The highest BCUT2D eigenvalue weighted by molar-refractivity contribution is 5.92. The average Bonchev–Trinajstić information content (AvgIpc) is 3.00. The molecular weight excluding hydrogens is 297 g/mol. The van der Waals surface area contributed by atoms with Crippen molar-refractivity contribution in [2.24, 2.45) is 0 Å². The Balaban J connectivity index is 1.64. The molecule has 2 heterocycles. The van der Waals surface area contributed by atoms with E-state index in [9.17, 15) is 9.18 Å². The van der Waals surface area contributed by atoms with Gasteiger partial charge < -0.3 is 20.0 Å². The largest absolute Gasteiger partial charge is 0.459 e. The number of amides is 1. The van der Waals surface area contributed by atoms with E-state index in [1.165, 1.54) is 12.3 Å². The second-order valence-corrected chi connectivity index (χ2v) is 5.64. The summed E-state index contributed by atoms with van der Waals surface area (Å²) in [6, 6.07) is 6.83. The molecule has 0 aliphatic carbocycles. The van der Waals surface area contributed by atoms with Crippen molar-refractivity contribution < 1.29 is 13.6 Å². The first-order valence-electron chi connectivity index (χ1n) is 7.71. The smallest absolute Gasteiger partial charge is 0.287 e.